The van der Waals surface area contributed by atoms with Gasteiger partial charge in [-0.25, -0.2) is 9.97 Å². The van der Waals surface area contributed by atoms with Crippen molar-refractivity contribution in [3.63, 3.8) is 0 Å². The number of nitrogens with zero attached hydrogens (tertiary/aromatic N) is 3. The van der Waals surface area contributed by atoms with Gasteiger partial charge in [0.05, 0.1) is 5.52 Å². The number of fused-ring (bicyclic) bond motifs is 1. The molecule has 0 saturated carbocycles. The van der Waals surface area contributed by atoms with E-state index in [1.807, 2.05) is 65.6 Å². The number of carbonyl (C=O) groups is 1. The summed E-state index contributed by atoms with van der Waals surface area (Å²) in [5, 5.41) is 4.41. The van der Waals surface area contributed by atoms with Crippen molar-refractivity contribution < 1.29 is 4.79 Å². The predicted molar refractivity (Wildman–Crippen MR) is 160 cm³/mol. The van der Waals surface area contributed by atoms with Crippen molar-refractivity contribution >= 4 is 28.7 Å². The average molecular weight is 513 g/mol. The van der Waals surface area contributed by atoms with Gasteiger partial charge in [-0.05, 0) is 65.9 Å². The van der Waals surface area contributed by atoms with Gasteiger partial charge in [0.1, 0.15) is 12.1 Å². The number of nitrogens with one attached hydrogen (secondary N) is 1. The fourth-order valence-electron chi connectivity index (χ4n) is 4.55. The fourth-order valence-corrected chi connectivity index (χ4v) is 4.55. The van der Waals surface area contributed by atoms with Crippen LogP contribution in [0.1, 0.15) is 30.5 Å². The van der Waals surface area contributed by atoms with Crippen LogP contribution in [0.3, 0.4) is 0 Å². The second-order valence-corrected chi connectivity index (χ2v) is 9.88. The standard InChI is InChI=1S/C34H32N4O/c1-25(2)37-34-31-21-30(17-18-32(31)35-24-36-34)29-15-9-14-28(20-29)23-38(22-27-12-7-4-8-13-27)33(39)19-16-26-10-5-3-6-11-26/h3-21,24-25H,22-23H2,1-2H3,(H,35,36,37)/b19-16+. The molecule has 0 aliphatic heterocycles. The van der Waals surface area contributed by atoms with Crippen molar-refractivity contribution in [2.75, 3.05) is 5.32 Å². The topological polar surface area (TPSA) is 58.1 Å². The molecule has 1 heterocycles. The highest BCUT2D eigenvalue weighted by atomic mass is 16.2. The van der Waals surface area contributed by atoms with Gasteiger partial charge in [0, 0.05) is 30.6 Å². The second-order valence-electron chi connectivity index (χ2n) is 9.88. The highest BCUT2D eigenvalue weighted by Crippen LogP contribution is 2.28. The third-order valence-electron chi connectivity index (χ3n) is 6.44. The minimum absolute atomic E-state index is 0.0274. The van der Waals surface area contributed by atoms with Gasteiger partial charge in [0.25, 0.3) is 0 Å². The van der Waals surface area contributed by atoms with E-state index in [1.54, 1.807) is 12.4 Å². The van der Waals surface area contributed by atoms with Crippen LogP contribution >= 0.6 is 0 Å². The first-order chi connectivity index (χ1) is 19.0. The third-order valence-corrected chi connectivity index (χ3v) is 6.44. The van der Waals surface area contributed by atoms with Gasteiger partial charge in [-0.15, -0.1) is 0 Å². The summed E-state index contributed by atoms with van der Waals surface area (Å²) in [4.78, 5) is 24.2. The monoisotopic (exact) mass is 512 g/mol. The lowest BCUT2D eigenvalue weighted by Gasteiger charge is -2.22. The summed E-state index contributed by atoms with van der Waals surface area (Å²) in [5.41, 5.74) is 6.22. The molecule has 1 amide bonds. The molecule has 0 fully saturated rings. The van der Waals surface area contributed by atoms with Crippen LogP contribution in [0.25, 0.3) is 28.1 Å². The summed E-state index contributed by atoms with van der Waals surface area (Å²) < 4.78 is 0. The summed E-state index contributed by atoms with van der Waals surface area (Å²) >= 11 is 0. The zero-order valence-corrected chi connectivity index (χ0v) is 22.3. The highest BCUT2D eigenvalue weighted by Gasteiger charge is 2.14. The van der Waals surface area contributed by atoms with Crippen LogP contribution in [0, 0.1) is 0 Å². The average Bonchev–Trinajstić information content (AvgIpc) is 2.96. The van der Waals surface area contributed by atoms with Gasteiger partial charge < -0.3 is 10.2 Å². The van der Waals surface area contributed by atoms with E-state index in [1.165, 1.54) is 0 Å². The second kappa shape index (κ2) is 12.2. The smallest absolute Gasteiger partial charge is 0.247 e. The van der Waals surface area contributed by atoms with Crippen LogP contribution in [0.5, 0.6) is 0 Å². The molecule has 194 valence electrons. The molecule has 1 aromatic heterocycles. The molecule has 0 aliphatic rings. The van der Waals surface area contributed by atoms with Crippen molar-refractivity contribution in [1.29, 1.82) is 0 Å². The molecule has 5 rings (SSSR count). The molecule has 0 radical (unpaired) electrons. The Labute approximate surface area is 229 Å². The molecular weight excluding hydrogens is 480 g/mol. The van der Waals surface area contributed by atoms with Crippen molar-refractivity contribution in [2.45, 2.75) is 33.0 Å². The van der Waals surface area contributed by atoms with Crippen LogP contribution in [-0.4, -0.2) is 26.8 Å². The van der Waals surface area contributed by atoms with Gasteiger partial charge in [-0.2, -0.15) is 0 Å². The van der Waals surface area contributed by atoms with Gasteiger partial charge in [-0.3, -0.25) is 4.79 Å². The molecule has 0 bridgehead atoms. The van der Waals surface area contributed by atoms with E-state index in [0.29, 0.717) is 13.1 Å². The Hall–Kier alpha value is -4.77. The Morgan fingerprint density at radius 1 is 0.795 bits per heavy atom. The molecular formula is C34H32N4O. The summed E-state index contributed by atoms with van der Waals surface area (Å²) in [6.07, 6.45) is 5.13. The first-order valence-electron chi connectivity index (χ1n) is 13.2. The van der Waals surface area contributed by atoms with Crippen LogP contribution < -0.4 is 5.32 Å². The lowest BCUT2D eigenvalue weighted by Crippen LogP contribution is -2.28. The Morgan fingerprint density at radius 3 is 2.26 bits per heavy atom. The molecule has 5 nitrogen and oxygen atoms in total. The number of anilines is 1. The summed E-state index contributed by atoms with van der Waals surface area (Å²) in [6, 6.07) is 34.9. The molecule has 4 aromatic carbocycles. The molecule has 5 aromatic rings. The molecule has 0 unspecified atom stereocenters. The minimum Gasteiger partial charge on any atom is -0.367 e. The fraction of sp³-hybridized carbons (Fsp3) is 0.147. The lowest BCUT2D eigenvalue weighted by atomic mass is 10.0. The van der Waals surface area contributed by atoms with E-state index in [2.05, 4.69) is 77.7 Å². The van der Waals surface area contributed by atoms with Gasteiger partial charge in [0.2, 0.25) is 5.91 Å². The normalized spacial score (nSPS) is 11.3. The van der Waals surface area contributed by atoms with Crippen LogP contribution in [-0.2, 0) is 17.9 Å². The van der Waals surface area contributed by atoms with E-state index >= 15 is 0 Å². The Balaban J connectivity index is 1.43. The minimum atomic E-state index is -0.0274. The SMILES string of the molecule is CC(C)Nc1ncnc2ccc(-c3cccc(CN(Cc4ccccc4)C(=O)/C=C/c4ccccc4)c3)cc12. The Morgan fingerprint density at radius 2 is 1.49 bits per heavy atom. The van der Waals surface area contributed by atoms with Crippen LogP contribution in [0.4, 0.5) is 5.82 Å². The molecule has 39 heavy (non-hydrogen) atoms. The number of aromatic nitrogens is 2. The predicted octanol–water partition coefficient (Wildman–Crippen LogP) is 7.36. The summed E-state index contributed by atoms with van der Waals surface area (Å²) in [6.45, 7) is 5.22. The molecule has 5 heteroatoms. The quantitative estimate of drug-likeness (QED) is 0.210. The van der Waals surface area contributed by atoms with Crippen molar-refractivity contribution in [3.05, 3.63) is 132 Å². The Kier molecular flexibility index (Phi) is 8.08. The highest BCUT2D eigenvalue weighted by molar-refractivity contribution is 5.93. The number of hydrogen-bond acceptors (Lipinski definition) is 4. The molecule has 0 atom stereocenters. The third kappa shape index (κ3) is 6.76. The number of rotatable bonds is 9. The number of hydrogen-bond donors (Lipinski definition) is 1. The molecule has 1 N–H and O–H groups in total. The molecule has 0 spiro atoms. The van der Waals surface area contributed by atoms with Crippen molar-refractivity contribution in [3.8, 4) is 11.1 Å². The first-order valence-corrected chi connectivity index (χ1v) is 13.2. The maximum absolute atomic E-state index is 13.4. The van der Waals surface area contributed by atoms with Crippen LogP contribution in [0.15, 0.2) is 116 Å². The van der Waals surface area contributed by atoms with Gasteiger partial charge >= 0.3 is 0 Å². The first kappa shape index (κ1) is 25.9. The largest absolute Gasteiger partial charge is 0.367 e. The van der Waals surface area contributed by atoms with Gasteiger partial charge in [0.15, 0.2) is 0 Å². The van der Waals surface area contributed by atoms with E-state index in [9.17, 15) is 4.79 Å². The molecule has 0 aliphatic carbocycles. The van der Waals surface area contributed by atoms with E-state index in [-0.39, 0.29) is 11.9 Å². The zero-order chi connectivity index (χ0) is 27.0. The zero-order valence-electron chi connectivity index (χ0n) is 22.3. The number of carbonyl (C=O) groups excluding carboxylic acids is 1. The number of amides is 1. The summed E-state index contributed by atoms with van der Waals surface area (Å²) in [5.74, 6) is 0.804. The van der Waals surface area contributed by atoms with Crippen molar-refractivity contribution in [2.24, 2.45) is 0 Å². The maximum Gasteiger partial charge on any atom is 0.247 e. The van der Waals surface area contributed by atoms with E-state index in [4.69, 9.17) is 0 Å². The maximum atomic E-state index is 13.4. The summed E-state index contributed by atoms with van der Waals surface area (Å²) in [7, 11) is 0. The Bertz CT molecular complexity index is 1580. The lowest BCUT2D eigenvalue weighted by molar-refractivity contribution is -0.127. The van der Waals surface area contributed by atoms with E-state index in [0.717, 1.165) is 44.5 Å². The van der Waals surface area contributed by atoms with Crippen LogP contribution in [0.2, 0.25) is 0 Å². The van der Waals surface area contributed by atoms with E-state index < -0.39 is 0 Å². The van der Waals surface area contributed by atoms with Gasteiger partial charge in [-0.1, -0.05) is 84.9 Å². The number of benzene rings is 4. The molecule has 0 saturated heterocycles. The van der Waals surface area contributed by atoms with Crippen molar-refractivity contribution in [1.82, 2.24) is 14.9 Å².